The van der Waals surface area contributed by atoms with Crippen molar-refractivity contribution in [1.29, 1.82) is 0 Å². The predicted octanol–water partition coefficient (Wildman–Crippen LogP) is 3.08. The number of halogens is 2. The predicted molar refractivity (Wildman–Crippen MR) is 95.0 cm³/mol. The van der Waals surface area contributed by atoms with Gasteiger partial charge in [0.25, 0.3) is 0 Å². The second-order valence-electron chi connectivity index (χ2n) is 6.88. The van der Waals surface area contributed by atoms with Crippen molar-refractivity contribution in [3.05, 3.63) is 23.8 Å². The lowest BCUT2D eigenvalue weighted by Crippen LogP contribution is -2.34. The number of anilines is 1. The van der Waals surface area contributed by atoms with Crippen LogP contribution in [0.25, 0.3) is 10.2 Å². The molecule has 0 bridgehead atoms. The molecule has 2 heterocycles. The van der Waals surface area contributed by atoms with Crippen molar-refractivity contribution in [2.24, 2.45) is 11.8 Å². The van der Waals surface area contributed by atoms with Crippen LogP contribution in [0.2, 0.25) is 0 Å². The summed E-state index contributed by atoms with van der Waals surface area (Å²) >= 11 is 0.959. The van der Waals surface area contributed by atoms with E-state index in [1.165, 1.54) is 4.90 Å². The normalized spacial score (nSPS) is 22.4. The molecule has 27 heavy (non-hydrogen) atoms. The molecule has 6 nitrogen and oxygen atoms in total. The number of nitrogens with zero attached hydrogens (tertiary/aromatic N) is 2. The van der Waals surface area contributed by atoms with Gasteiger partial charge in [-0.1, -0.05) is 24.2 Å². The third-order valence-corrected chi connectivity index (χ3v) is 6.07. The van der Waals surface area contributed by atoms with E-state index in [0.29, 0.717) is 0 Å². The van der Waals surface area contributed by atoms with Crippen LogP contribution in [0, 0.1) is 23.5 Å². The first kappa shape index (κ1) is 18.0. The molecule has 1 saturated heterocycles. The zero-order valence-corrected chi connectivity index (χ0v) is 15.2. The first-order valence-electron chi connectivity index (χ1n) is 8.84. The van der Waals surface area contributed by atoms with Crippen LogP contribution < -0.4 is 5.32 Å². The number of thiazole rings is 1. The Labute approximate surface area is 157 Å². The molecule has 9 heteroatoms. The Kier molecular flexibility index (Phi) is 4.63. The summed E-state index contributed by atoms with van der Waals surface area (Å²) in [6.07, 6.45) is 3.29. The van der Waals surface area contributed by atoms with E-state index in [1.54, 1.807) is 0 Å². The molecule has 1 aliphatic carbocycles. The summed E-state index contributed by atoms with van der Waals surface area (Å²) in [5.41, 5.74) is -0.00864. The number of hydrogen-bond acceptors (Lipinski definition) is 5. The molecule has 2 fully saturated rings. The molecule has 1 N–H and O–H groups in total. The molecular formula is C18H17F2N3O3S. The third-order valence-electron chi connectivity index (χ3n) is 5.15. The highest BCUT2D eigenvalue weighted by Gasteiger charge is 2.47. The Balaban J connectivity index is 1.39. The lowest BCUT2D eigenvalue weighted by atomic mass is 9.81. The van der Waals surface area contributed by atoms with E-state index in [0.717, 1.165) is 49.2 Å². The number of hydrogen-bond donors (Lipinski definition) is 1. The van der Waals surface area contributed by atoms with Crippen LogP contribution in [0.5, 0.6) is 0 Å². The van der Waals surface area contributed by atoms with Crippen molar-refractivity contribution < 1.29 is 23.2 Å². The molecule has 142 valence electrons. The van der Waals surface area contributed by atoms with E-state index >= 15 is 0 Å². The molecule has 2 atom stereocenters. The van der Waals surface area contributed by atoms with Crippen LogP contribution in [-0.4, -0.2) is 34.2 Å². The monoisotopic (exact) mass is 393 g/mol. The molecule has 3 amide bonds. The highest BCUT2D eigenvalue weighted by molar-refractivity contribution is 7.22. The lowest BCUT2D eigenvalue weighted by Gasteiger charge is -2.19. The average Bonchev–Trinajstić information content (AvgIpc) is 3.13. The second kappa shape index (κ2) is 6.95. The largest absolute Gasteiger partial charge is 0.302 e. The standard InChI is InChI=1S/C18H17F2N3O3S/c19-9-7-12(20)15-13(8-9)27-18(22-15)21-14(24)5-6-23-16(25)10-3-1-2-4-11(10)17(23)26/h7-8,10-11H,1-6H2,(H,21,22,24)/t10-,11-/m1/s1. The minimum absolute atomic E-state index is 0.00864. The minimum atomic E-state index is -0.794. The van der Waals surface area contributed by atoms with Crippen LogP contribution in [0.15, 0.2) is 12.1 Å². The van der Waals surface area contributed by atoms with E-state index in [2.05, 4.69) is 10.3 Å². The first-order valence-corrected chi connectivity index (χ1v) is 9.66. The third kappa shape index (κ3) is 3.31. The molecule has 2 aromatic rings. The maximum atomic E-state index is 13.7. The van der Waals surface area contributed by atoms with Crippen LogP contribution >= 0.6 is 11.3 Å². The van der Waals surface area contributed by atoms with Crippen LogP contribution in [0.3, 0.4) is 0 Å². The lowest BCUT2D eigenvalue weighted by molar-refractivity contribution is -0.140. The Bertz CT molecular complexity index is 921. The van der Waals surface area contributed by atoms with Gasteiger partial charge in [-0.2, -0.15) is 0 Å². The molecule has 4 rings (SSSR count). The Morgan fingerprint density at radius 3 is 2.52 bits per heavy atom. The number of benzene rings is 1. The van der Waals surface area contributed by atoms with Gasteiger partial charge in [-0.3, -0.25) is 19.3 Å². The Morgan fingerprint density at radius 2 is 1.85 bits per heavy atom. The highest BCUT2D eigenvalue weighted by Crippen LogP contribution is 2.38. The zero-order chi connectivity index (χ0) is 19.1. The number of carbonyl (C=O) groups excluding carboxylic acids is 3. The van der Waals surface area contributed by atoms with Gasteiger partial charge in [0.2, 0.25) is 17.7 Å². The number of fused-ring (bicyclic) bond motifs is 2. The van der Waals surface area contributed by atoms with Crippen molar-refractivity contribution in [3.8, 4) is 0 Å². The summed E-state index contributed by atoms with van der Waals surface area (Å²) in [6, 6.07) is 1.88. The fourth-order valence-electron chi connectivity index (χ4n) is 3.86. The molecule has 1 saturated carbocycles. The quantitative estimate of drug-likeness (QED) is 0.810. The topological polar surface area (TPSA) is 79.4 Å². The zero-order valence-electron chi connectivity index (χ0n) is 14.3. The van der Waals surface area contributed by atoms with Gasteiger partial charge >= 0.3 is 0 Å². The first-order chi connectivity index (χ1) is 12.9. The summed E-state index contributed by atoms with van der Waals surface area (Å²) in [7, 11) is 0. The molecular weight excluding hydrogens is 376 g/mol. The summed E-state index contributed by atoms with van der Waals surface area (Å²) in [5.74, 6) is -2.80. The van der Waals surface area contributed by atoms with E-state index < -0.39 is 17.5 Å². The molecule has 0 spiro atoms. The highest BCUT2D eigenvalue weighted by atomic mass is 32.1. The van der Waals surface area contributed by atoms with Crippen molar-refractivity contribution in [1.82, 2.24) is 9.88 Å². The number of rotatable bonds is 4. The van der Waals surface area contributed by atoms with Gasteiger partial charge in [0.05, 0.1) is 16.5 Å². The Hall–Kier alpha value is -2.42. The molecule has 1 aromatic heterocycles. The van der Waals surface area contributed by atoms with Crippen molar-refractivity contribution in [2.75, 3.05) is 11.9 Å². The van der Waals surface area contributed by atoms with Crippen molar-refractivity contribution >= 4 is 44.4 Å². The fraction of sp³-hybridized carbons (Fsp3) is 0.444. The number of imide groups is 1. The second-order valence-corrected chi connectivity index (χ2v) is 7.91. The van der Waals surface area contributed by atoms with Gasteiger partial charge in [-0.15, -0.1) is 0 Å². The van der Waals surface area contributed by atoms with Crippen LogP contribution in [-0.2, 0) is 14.4 Å². The molecule has 0 unspecified atom stereocenters. The number of aromatic nitrogens is 1. The van der Waals surface area contributed by atoms with Crippen molar-refractivity contribution in [3.63, 3.8) is 0 Å². The van der Waals surface area contributed by atoms with Gasteiger partial charge in [-0.05, 0) is 18.9 Å². The average molecular weight is 393 g/mol. The summed E-state index contributed by atoms with van der Waals surface area (Å²) in [5, 5.41) is 2.67. The summed E-state index contributed by atoms with van der Waals surface area (Å²) in [4.78, 5) is 42.1. The van der Waals surface area contributed by atoms with Gasteiger partial charge in [0, 0.05) is 19.0 Å². The van der Waals surface area contributed by atoms with Crippen LogP contribution in [0.4, 0.5) is 13.9 Å². The van der Waals surface area contributed by atoms with Gasteiger partial charge in [-0.25, -0.2) is 13.8 Å². The summed E-state index contributed by atoms with van der Waals surface area (Å²) < 4.78 is 27.2. The van der Waals surface area contributed by atoms with E-state index in [1.807, 2.05) is 0 Å². The fourth-order valence-corrected chi connectivity index (χ4v) is 4.78. The smallest absolute Gasteiger partial charge is 0.233 e. The maximum absolute atomic E-state index is 13.7. The van der Waals surface area contributed by atoms with E-state index in [9.17, 15) is 23.2 Å². The number of nitrogens with one attached hydrogen (secondary N) is 1. The summed E-state index contributed by atoms with van der Waals surface area (Å²) in [6.45, 7) is 0.0182. The van der Waals surface area contributed by atoms with E-state index in [4.69, 9.17) is 0 Å². The number of amides is 3. The van der Waals surface area contributed by atoms with Gasteiger partial charge in [0.15, 0.2) is 10.9 Å². The molecule has 1 aromatic carbocycles. The van der Waals surface area contributed by atoms with Crippen molar-refractivity contribution in [2.45, 2.75) is 32.1 Å². The molecule has 1 aliphatic heterocycles. The Morgan fingerprint density at radius 1 is 1.19 bits per heavy atom. The SMILES string of the molecule is O=C(CCN1C(=O)[C@@H]2CCCC[C@H]2C1=O)Nc1nc2c(F)cc(F)cc2s1. The number of likely N-dealkylation sites (tertiary alicyclic amines) is 1. The van der Waals surface area contributed by atoms with E-state index in [-0.39, 0.29) is 52.0 Å². The van der Waals surface area contributed by atoms with Gasteiger partial charge in [0.1, 0.15) is 11.3 Å². The van der Waals surface area contributed by atoms with Gasteiger partial charge < -0.3 is 5.32 Å². The minimum Gasteiger partial charge on any atom is -0.302 e. The molecule has 0 radical (unpaired) electrons. The maximum Gasteiger partial charge on any atom is 0.233 e. The number of carbonyl (C=O) groups is 3. The molecule has 2 aliphatic rings. The van der Waals surface area contributed by atoms with Crippen LogP contribution in [0.1, 0.15) is 32.1 Å².